The number of nitrogens with two attached hydrogens (primary N) is 1. The molecule has 0 aliphatic heterocycles. The number of halogens is 3. The van der Waals surface area contributed by atoms with Crippen LogP contribution in [0.4, 0.5) is 18.9 Å². The Kier molecular flexibility index (Phi) is 5.92. The number of amides is 1. The Morgan fingerprint density at radius 1 is 1.13 bits per heavy atom. The van der Waals surface area contributed by atoms with Crippen LogP contribution in [-0.4, -0.2) is 24.1 Å². The molecule has 0 saturated heterocycles. The summed E-state index contributed by atoms with van der Waals surface area (Å²) < 4.78 is 64.1. The second kappa shape index (κ2) is 8.16. The normalized spacial score (nSPS) is 12.1. The van der Waals surface area contributed by atoms with Gasteiger partial charge in [-0.2, -0.15) is 18.3 Å². The lowest BCUT2D eigenvalue weighted by atomic mass is 10.0. The number of carbonyl (C=O) groups excluding carboxylic acids is 1. The largest absolute Gasteiger partial charge is 0.435 e. The highest BCUT2D eigenvalue weighted by Crippen LogP contribution is 2.35. The van der Waals surface area contributed by atoms with Crippen LogP contribution in [0.5, 0.6) is 0 Å². The highest BCUT2D eigenvalue weighted by atomic mass is 32.2. The monoisotopic (exact) mass is 452 g/mol. The topological polar surface area (TPSA) is 107 Å². The van der Waals surface area contributed by atoms with Gasteiger partial charge in [0.05, 0.1) is 16.3 Å². The maximum Gasteiger partial charge on any atom is 0.435 e. The SMILES string of the molecule is CCC(=O)Nc1ccc(-c2cc(C(F)(F)F)nn2-c2ccc(S(N)(=O)=O)cc2)c(C)c1. The molecule has 0 aliphatic carbocycles. The number of alkyl halides is 3. The lowest BCUT2D eigenvalue weighted by Crippen LogP contribution is -2.12. The van der Waals surface area contributed by atoms with Crippen molar-refractivity contribution in [1.29, 1.82) is 0 Å². The number of anilines is 1. The summed E-state index contributed by atoms with van der Waals surface area (Å²) in [5, 5.41) is 11.5. The Hall–Kier alpha value is -3.18. The van der Waals surface area contributed by atoms with Crippen molar-refractivity contribution in [1.82, 2.24) is 9.78 Å². The van der Waals surface area contributed by atoms with Gasteiger partial charge in [-0.1, -0.05) is 13.0 Å². The van der Waals surface area contributed by atoms with Crippen molar-refractivity contribution in [2.45, 2.75) is 31.3 Å². The van der Waals surface area contributed by atoms with Crippen LogP contribution in [0.2, 0.25) is 0 Å². The zero-order valence-corrected chi connectivity index (χ0v) is 17.4. The summed E-state index contributed by atoms with van der Waals surface area (Å²) in [5.41, 5.74) is 0.883. The average Bonchev–Trinajstić information content (AvgIpc) is 3.13. The van der Waals surface area contributed by atoms with Gasteiger partial charge in [-0.3, -0.25) is 4.79 Å². The molecule has 11 heteroatoms. The molecular formula is C20H19F3N4O3S. The molecule has 164 valence electrons. The minimum absolute atomic E-state index is 0.154. The molecule has 3 N–H and O–H groups in total. The molecule has 3 aromatic rings. The van der Waals surface area contributed by atoms with Crippen molar-refractivity contribution in [2.75, 3.05) is 5.32 Å². The van der Waals surface area contributed by atoms with E-state index in [2.05, 4.69) is 10.4 Å². The summed E-state index contributed by atoms with van der Waals surface area (Å²) in [6, 6.07) is 10.8. The maximum atomic E-state index is 13.4. The van der Waals surface area contributed by atoms with E-state index >= 15 is 0 Å². The van der Waals surface area contributed by atoms with Crippen molar-refractivity contribution < 1.29 is 26.4 Å². The molecule has 0 atom stereocenters. The van der Waals surface area contributed by atoms with E-state index in [9.17, 15) is 26.4 Å². The third-order valence-electron chi connectivity index (χ3n) is 4.52. The molecule has 0 aliphatic rings. The van der Waals surface area contributed by atoms with Crippen LogP contribution in [0.1, 0.15) is 24.6 Å². The van der Waals surface area contributed by atoms with E-state index in [1.165, 1.54) is 24.3 Å². The molecule has 1 amide bonds. The number of nitrogens with one attached hydrogen (secondary N) is 1. The minimum atomic E-state index is -4.68. The number of sulfonamides is 1. The van der Waals surface area contributed by atoms with Gasteiger partial charge in [0.15, 0.2) is 5.69 Å². The predicted octanol–water partition coefficient (Wildman–Crippen LogP) is 3.86. The van der Waals surface area contributed by atoms with Gasteiger partial charge < -0.3 is 5.32 Å². The molecule has 1 aromatic heterocycles. The quantitative estimate of drug-likeness (QED) is 0.613. The lowest BCUT2D eigenvalue weighted by molar-refractivity contribution is -0.141. The highest BCUT2D eigenvalue weighted by molar-refractivity contribution is 7.89. The van der Waals surface area contributed by atoms with Gasteiger partial charge >= 0.3 is 6.18 Å². The van der Waals surface area contributed by atoms with E-state index in [0.717, 1.165) is 10.7 Å². The number of carbonyl (C=O) groups is 1. The Labute approximate surface area is 176 Å². The molecule has 0 radical (unpaired) electrons. The standard InChI is InChI=1S/C20H19F3N4O3S/c1-3-19(28)25-13-4-9-16(12(2)10-13)17-11-18(20(21,22)23)26-27(17)14-5-7-15(8-6-14)31(24,29)30/h4-11H,3H2,1-2H3,(H,25,28)(H2,24,29,30). The zero-order chi connectivity index (χ0) is 23.0. The Morgan fingerprint density at radius 2 is 1.77 bits per heavy atom. The first-order valence-electron chi connectivity index (χ1n) is 9.11. The summed E-state index contributed by atoms with van der Waals surface area (Å²) in [6.07, 6.45) is -4.39. The Bertz CT molecular complexity index is 1230. The number of benzene rings is 2. The van der Waals surface area contributed by atoms with Gasteiger partial charge in [0.1, 0.15) is 0 Å². The van der Waals surface area contributed by atoms with Crippen LogP contribution in [-0.2, 0) is 21.0 Å². The molecule has 3 rings (SSSR count). The van der Waals surface area contributed by atoms with Crippen LogP contribution in [0.25, 0.3) is 16.9 Å². The Balaban J connectivity index is 2.12. The van der Waals surface area contributed by atoms with Gasteiger partial charge in [0.2, 0.25) is 15.9 Å². The van der Waals surface area contributed by atoms with Gasteiger partial charge in [-0.05, 0) is 55.0 Å². The fraction of sp³-hybridized carbons (Fsp3) is 0.200. The van der Waals surface area contributed by atoms with Crippen molar-refractivity contribution in [3.8, 4) is 16.9 Å². The summed E-state index contributed by atoms with van der Waals surface area (Å²) in [4.78, 5) is 11.4. The highest BCUT2D eigenvalue weighted by Gasteiger charge is 2.35. The van der Waals surface area contributed by atoms with E-state index in [4.69, 9.17) is 5.14 Å². The average molecular weight is 452 g/mol. The van der Waals surface area contributed by atoms with Crippen LogP contribution < -0.4 is 10.5 Å². The lowest BCUT2D eigenvalue weighted by Gasteiger charge is -2.12. The van der Waals surface area contributed by atoms with Gasteiger partial charge in [-0.15, -0.1) is 0 Å². The van der Waals surface area contributed by atoms with Crippen LogP contribution in [0, 0.1) is 6.92 Å². The van der Waals surface area contributed by atoms with E-state index in [1.807, 2.05) is 0 Å². The number of primary sulfonamides is 1. The summed E-state index contributed by atoms with van der Waals surface area (Å²) in [6.45, 7) is 3.40. The molecule has 0 bridgehead atoms. The number of hydrogen-bond donors (Lipinski definition) is 2. The van der Waals surface area contributed by atoms with E-state index in [0.29, 0.717) is 16.8 Å². The van der Waals surface area contributed by atoms with Gasteiger partial charge in [0.25, 0.3) is 0 Å². The summed E-state index contributed by atoms with van der Waals surface area (Å²) in [7, 11) is -3.95. The van der Waals surface area contributed by atoms with Crippen molar-refractivity contribution in [3.63, 3.8) is 0 Å². The second-order valence-corrected chi connectivity index (χ2v) is 8.36. The number of aromatic nitrogens is 2. The molecule has 31 heavy (non-hydrogen) atoms. The molecule has 7 nitrogen and oxygen atoms in total. The third-order valence-corrected chi connectivity index (χ3v) is 5.45. The maximum absolute atomic E-state index is 13.4. The number of rotatable bonds is 5. The first kappa shape index (κ1) is 22.5. The number of nitrogens with zero attached hydrogens (tertiary/aromatic N) is 2. The fourth-order valence-corrected chi connectivity index (χ4v) is 3.48. The second-order valence-electron chi connectivity index (χ2n) is 6.79. The molecule has 0 fully saturated rings. The van der Waals surface area contributed by atoms with E-state index in [-0.39, 0.29) is 28.6 Å². The summed E-state index contributed by atoms with van der Waals surface area (Å²) in [5.74, 6) is -0.188. The number of hydrogen-bond acceptors (Lipinski definition) is 4. The molecule has 0 unspecified atom stereocenters. The molecule has 0 spiro atoms. The number of aryl methyl sites for hydroxylation is 1. The smallest absolute Gasteiger partial charge is 0.326 e. The Morgan fingerprint density at radius 3 is 2.29 bits per heavy atom. The van der Waals surface area contributed by atoms with E-state index in [1.54, 1.807) is 32.0 Å². The van der Waals surface area contributed by atoms with Crippen molar-refractivity contribution >= 4 is 21.6 Å². The van der Waals surface area contributed by atoms with Crippen LogP contribution in [0.3, 0.4) is 0 Å². The summed E-state index contributed by atoms with van der Waals surface area (Å²) >= 11 is 0. The van der Waals surface area contributed by atoms with Crippen LogP contribution >= 0.6 is 0 Å². The zero-order valence-electron chi connectivity index (χ0n) is 16.6. The molecular weight excluding hydrogens is 433 g/mol. The predicted molar refractivity (Wildman–Crippen MR) is 109 cm³/mol. The third kappa shape index (κ3) is 4.94. The first-order valence-corrected chi connectivity index (χ1v) is 10.7. The minimum Gasteiger partial charge on any atom is -0.326 e. The van der Waals surface area contributed by atoms with E-state index < -0.39 is 21.9 Å². The van der Waals surface area contributed by atoms with Crippen LogP contribution in [0.15, 0.2) is 53.4 Å². The molecule has 2 aromatic carbocycles. The van der Waals surface area contributed by atoms with Gasteiger partial charge in [-0.25, -0.2) is 18.2 Å². The van der Waals surface area contributed by atoms with Crippen molar-refractivity contribution in [2.24, 2.45) is 5.14 Å². The first-order chi connectivity index (χ1) is 14.4. The molecule has 0 saturated carbocycles. The molecule has 1 heterocycles. The fourth-order valence-electron chi connectivity index (χ4n) is 2.96. The van der Waals surface area contributed by atoms with Crippen molar-refractivity contribution in [3.05, 3.63) is 59.8 Å². The van der Waals surface area contributed by atoms with Gasteiger partial charge in [0, 0.05) is 17.7 Å².